The van der Waals surface area contributed by atoms with E-state index in [-0.39, 0.29) is 29.4 Å². The van der Waals surface area contributed by atoms with E-state index in [1.165, 1.54) is 6.07 Å². The van der Waals surface area contributed by atoms with Crippen molar-refractivity contribution >= 4 is 11.0 Å². The molecule has 32 heavy (non-hydrogen) atoms. The lowest BCUT2D eigenvalue weighted by Gasteiger charge is -2.17. The number of fused-ring (bicyclic) bond motifs is 1. The van der Waals surface area contributed by atoms with E-state index in [9.17, 15) is 18.4 Å². The third-order valence-corrected chi connectivity index (χ3v) is 5.98. The van der Waals surface area contributed by atoms with E-state index in [2.05, 4.69) is 21.8 Å². The monoisotopic (exact) mass is 443 g/mol. The number of hydrogen-bond donors (Lipinski definition) is 0. The molecule has 9 heteroatoms. The Morgan fingerprint density at radius 1 is 1.25 bits per heavy atom. The molecule has 4 rings (SSSR count). The number of nitriles is 1. The first-order valence-electron chi connectivity index (χ1n) is 10.6. The van der Waals surface area contributed by atoms with Gasteiger partial charge in [0, 0.05) is 30.7 Å². The minimum absolute atomic E-state index is 0.0964. The summed E-state index contributed by atoms with van der Waals surface area (Å²) in [6.07, 6.45) is -1.09. The fourth-order valence-electron chi connectivity index (χ4n) is 4.20. The minimum atomic E-state index is -4.58. The highest BCUT2D eigenvalue weighted by Crippen LogP contribution is 2.39. The third-order valence-electron chi connectivity index (χ3n) is 5.98. The van der Waals surface area contributed by atoms with Crippen LogP contribution in [-0.2, 0) is 13.2 Å². The van der Waals surface area contributed by atoms with Crippen LogP contribution in [0.25, 0.3) is 22.3 Å². The second kappa shape index (κ2) is 8.79. The van der Waals surface area contributed by atoms with E-state index < -0.39 is 11.7 Å². The quantitative estimate of drug-likeness (QED) is 0.555. The SMILES string of the molecule is CCN1CCC(CCOc2ccc(-c3nc(C#N)nc4c3ccn4C)cc2C(F)(F)F)C1. The van der Waals surface area contributed by atoms with Crippen LogP contribution < -0.4 is 4.74 Å². The van der Waals surface area contributed by atoms with Crippen molar-refractivity contribution in [2.75, 3.05) is 26.2 Å². The Labute approximate surface area is 184 Å². The molecule has 1 aromatic carbocycles. The lowest BCUT2D eigenvalue weighted by Crippen LogP contribution is -2.20. The molecule has 3 aromatic rings. The van der Waals surface area contributed by atoms with E-state index in [0.717, 1.165) is 38.5 Å². The van der Waals surface area contributed by atoms with Crippen molar-refractivity contribution < 1.29 is 17.9 Å². The number of ether oxygens (including phenoxy) is 1. The average molecular weight is 443 g/mol. The van der Waals surface area contributed by atoms with Crippen LogP contribution >= 0.6 is 0 Å². The van der Waals surface area contributed by atoms with Gasteiger partial charge in [-0.2, -0.15) is 18.4 Å². The molecule has 168 valence electrons. The second-order valence-corrected chi connectivity index (χ2v) is 8.07. The predicted octanol–water partition coefficient (Wildman–Crippen LogP) is 4.64. The Kier molecular flexibility index (Phi) is 6.07. The lowest BCUT2D eigenvalue weighted by atomic mass is 10.0. The molecule has 1 saturated heterocycles. The molecule has 1 fully saturated rings. The summed E-state index contributed by atoms with van der Waals surface area (Å²) in [7, 11) is 1.75. The summed E-state index contributed by atoms with van der Waals surface area (Å²) in [5.41, 5.74) is 0.180. The van der Waals surface area contributed by atoms with Gasteiger partial charge in [0.1, 0.15) is 17.5 Å². The van der Waals surface area contributed by atoms with E-state index in [1.54, 1.807) is 29.9 Å². The minimum Gasteiger partial charge on any atom is -0.493 e. The highest BCUT2D eigenvalue weighted by Gasteiger charge is 2.35. The third kappa shape index (κ3) is 4.41. The zero-order chi connectivity index (χ0) is 22.9. The maximum atomic E-state index is 13.9. The van der Waals surface area contributed by atoms with Gasteiger partial charge in [0.2, 0.25) is 5.82 Å². The Hall–Kier alpha value is -3.12. The van der Waals surface area contributed by atoms with Crippen molar-refractivity contribution in [1.29, 1.82) is 5.26 Å². The molecule has 0 radical (unpaired) electrons. The van der Waals surface area contributed by atoms with Crippen molar-refractivity contribution in [2.45, 2.75) is 25.9 Å². The summed E-state index contributed by atoms with van der Waals surface area (Å²) < 4.78 is 48.9. The van der Waals surface area contributed by atoms with E-state index in [0.29, 0.717) is 17.0 Å². The van der Waals surface area contributed by atoms with Gasteiger partial charge in [0.25, 0.3) is 0 Å². The molecule has 0 amide bonds. The predicted molar refractivity (Wildman–Crippen MR) is 114 cm³/mol. The molecule has 0 aliphatic carbocycles. The van der Waals surface area contributed by atoms with Gasteiger partial charge >= 0.3 is 6.18 Å². The van der Waals surface area contributed by atoms with Gasteiger partial charge in [-0.3, -0.25) is 0 Å². The van der Waals surface area contributed by atoms with Crippen LogP contribution in [0.5, 0.6) is 5.75 Å². The first-order valence-corrected chi connectivity index (χ1v) is 10.6. The largest absolute Gasteiger partial charge is 0.493 e. The molecule has 3 heterocycles. The molecule has 1 unspecified atom stereocenters. The first kappa shape index (κ1) is 22.1. The van der Waals surface area contributed by atoms with Gasteiger partial charge < -0.3 is 14.2 Å². The van der Waals surface area contributed by atoms with Gasteiger partial charge in [0.15, 0.2) is 0 Å². The van der Waals surface area contributed by atoms with E-state index >= 15 is 0 Å². The summed E-state index contributed by atoms with van der Waals surface area (Å²) in [5.74, 6) is 0.159. The number of nitrogens with zero attached hydrogens (tertiary/aromatic N) is 5. The number of likely N-dealkylation sites (tertiary alicyclic amines) is 1. The fourth-order valence-corrected chi connectivity index (χ4v) is 4.20. The van der Waals surface area contributed by atoms with Gasteiger partial charge in [-0.1, -0.05) is 6.92 Å². The number of halogens is 3. The molecular weight excluding hydrogens is 419 g/mol. The molecule has 0 spiro atoms. The highest BCUT2D eigenvalue weighted by molar-refractivity contribution is 5.91. The fraction of sp³-hybridized carbons (Fsp3) is 0.435. The van der Waals surface area contributed by atoms with Crippen LogP contribution in [-0.4, -0.2) is 45.7 Å². The maximum Gasteiger partial charge on any atom is 0.419 e. The zero-order valence-electron chi connectivity index (χ0n) is 18.0. The van der Waals surface area contributed by atoms with Crippen LogP contribution in [0.15, 0.2) is 30.5 Å². The summed E-state index contributed by atoms with van der Waals surface area (Å²) in [6, 6.07) is 7.54. The summed E-state index contributed by atoms with van der Waals surface area (Å²) in [4.78, 5) is 10.7. The number of aryl methyl sites for hydroxylation is 1. The number of hydrogen-bond acceptors (Lipinski definition) is 5. The Morgan fingerprint density at radius 3 is 2.75 bits per heavy atom. The molecule has 1 atom stereocenters. The first-order chi connectivity index (χ1) is 15.3. The molecule has 0 N–H and O–H groups in total. The van der Waals surface area contributed by atoms with Gasteiger partial charge in [-0.15, -0.1) is 0 Å². The molecule has 1 aliphatic rings. The van der Waals surface area contributed by atoms with Crippen molar-refractivity contribution in [3.05, 3.63) is 41.9 Å². The van der Waals surface area contributed by atoms with Gasteiger partial charge in [-0.05, 0) is 56.1 Å². The molecule has 0 bridgehead atoms. The Bertz CT molecular complexity index is 1160. The maximum absolute atomic E-state index is 13.9. The topological polar surface area (TPSA) is 67.0 Å². The summed E-state index contributed by atoms with van der Waals surface area (Å²) in [5, 5.41) is 9.84. The van der Waals surface area contributed by atoms with Crippen molar-refractivity contribution in [2.24, 2.45) is 13.0 Å². The van der Waals surface area contributed by atoms with E-state index in [4.69, 9.17) is 4.74 Å². The van der Waals surface area contributed by atoms with Crippen molar-refractivity contribution in [3.8, 4) is 23.1 Å². The zero-order valence-corrected chi connectivity index (χ0v) is 18.0. The smallest absolute Gasteiger partial charge is 0.419 e. The average Bonchev–Trinajstić information content (AvgIpc) is 3.39. The van der Waals surface area contributed by atoms with Crippen LogP contribution in [0, 0.1) is 17.2 Å². The second-order valence-electron chi connectivity index (χ2n) is 8.07. The molecule has 6 nitrogen and oxygen atoms in total. The van der Waals surface area contributed by atoms with Crippen molar-refractivity contribution in [3.63, 3.8) is 0 Å². The number of rotatable bonds is 6. The van der Waals surface area contributed by atoms with Gasteiger partial charge in [0.05, 0.1) is 17.9 Å². The van der Waals surface area contributed by atoms with Gasteiger partial charge in [-0.25, -0.2) is 9.97 Å². The molecular formula is C23H24F3N5O. The molecule has 1 aliphatic heterocycles. The molecule has 0 saturated carbocycles. The van der Waals surface area contributed by atoms with E-state index in [1.807, 2.05) is 6.07 Å². The Balaban J connectivity index is 1.62. The normalized spacial score (nSPS) is 17.1. The van der Waals surface area contributed by atoms with Crippen molar-refractivity contribution in [1.82, 2.24) is 19.4 Å². The summed E-state index contributed by atoms with van der Waals surface area (Å²) >= 11 is 0. The number of benzene rings is 1. The van der Waals surface area contributed by atoms with Crippen LogP contribution in [0.2, 0.25) is 0 Å². The van der Waals surface area contributed by atoms with Crippen LogP contribution in [0.3, 0.4) is 0 Å². The highest BCUT2D eigenvalue weighted by atomic mass is 19.4. The van der Waals surface area contributed by atoms with Crippen LogP contribution in [0.1, 0.15) is 31.2 Å². The summed E-state index contributed by atoms with van der Waals surface area (Å²) in [6.45, 7) is 5.33. The van der Waals surface area contributed by atoms with Crippen LogP contribution in [0.4, 0.5) is 13.2 Å². The standard InChI is InChI=1S/C23H24F3N5O/c1-3-31-10-6-15(14-31)8-11-32-19-5-4-16(12-18(19)23(24,25)26)21-17-7-9-30(2)22(17)29-20(13-27)28-21/h4-5,7,9,12,15H,3,6,8,10-11,14H2,1-2H3. The molecule has 2 aromatic heterocycles. The number of alkyl halides is 3. The lowest BCUT2D eigenvalue weighted by molar-refractivity contribution is -0.138. The Morgan fingerprint density at radius 2 is 2.06 bits per heavy atom. The number of aromatic nitrogens is 3.